The van der Waals surface area contributed by atoms with Gasteiger partial charge >= 0.3 is 0 Å². The Kier molecular flexibility index (Phi) is 8.46. The van der Waals surface area contributed by atoms with Gasteiger partial charge in [0.25, 0.3) is 0 Å². The van der Waals surface area contributed by atoms with Crippen LogP contribution >= 0.6 is 0 Å². The highest BCUT2D eigenvalue weighted by molar-refractivity contribution is 4.69. The van der Waals surface area contributed by atoms with Crippen LogP contribution in [0.4, 0.5) is 0 Å². The number of likely N-dealkylation sites (N-methyl/N-ethyl adjacent to an activating group) is 2. The van der Waals surface area contributed by atoms with E-state index in [1.54, 1.807) is 0 Å². The minimum Gasteiger partial charge on any atom is -0.301 e. The van der Waals surface area contributed by atoms with E-state index in [1.807, 2.05) is 0 Å². The first kappa shape index (κ1) is 12.9. The van der Waals surface area contributed by atoms with Gasteiger partial charge in [0, 0.05) is 26.2 Å². The minimum absolute atomic E-state index is 1.22. The zero-order valence-corrected chi connectivity index (χ0v) is 9.84. The van der Waals surface area contributed by atoms with E-state index in [4.69, 9.17) is 0 Å². The Hall–Kier alpha value is -0.0800. The zero-order chi connectivity index (χ0) is 10.1. The van der Waals surface area contributed by atoms with Crippen LogP contribution in [0.25, 0.3) is 0 Å². The Balaban J connectivity index is 0.000000424. The summed E-state index contributed by atoms with van der Waals surface area (Å²) in [6.45, 7) is 16.2. The lowest BCUT2D eigenvalue weighted by Crippen LogP contribution is -2.45. The molecule has 0 spiro atoms. The molecule has 0 aromatic rings. The molecule has 0 amide bonds. The number of hydrogen-bond donors (Lipinski definition) is 0. The van der Waals surface area contributed by atoms with E-state index in [9.17, 15) is 0 Å². The van der Waals surface area contributed by atoms with Crippen molar-refractivity contribution in [1.29, 1.82) is 0 Å². The standard InChI is InChI=1S/C8H18N2.C3H8/c1-3-9-5-7-10(4-2)8-6-9;1-3-2/h3-8H2,1-2H3;3H2,1-2H3. The third kappa shape index (κ3) is 6.05. The highest BCUT2D eigenvalue weighted by atomic mass is 15.2. The summed E-state index contributed by atoms with van der Waals surface area (Å²) in [5.41, 5.74) is 0. The van der Waals surface area contributed by atoms with E-state index < -0.39 is 0 Å². The number of hydrogen-bond acceptors (Lipinski definition) is 2. The first-order chi connectivity index (χ1) is 6.28. The van der Waals surface area contributed by atoms with Crippen LogP contribution in [-0.2, 0) is 0 Å². The van der Waals surface area contributed by atoms with E-state index in [2.05, 4.69) is 37.5 Å². The second-order valence-electron chi connectivity index (χ2n) is 3.58. The molecule has 0 aromatic heterocycles. The largest absolute Gasteiger partial charge is 0.301 e. The molecule has 1 fully saturated rings. The van der Waals surface area contributed by atoms with Gasteiger partial charge < -0.3 is 9.80 Å². The predicted octanol–water partition coefficient (Wildman–Crippen LogP) is 2.06. The summed E-state index contributed by atoms with van der Waals surface area (Å²) in [6, 6.07) is 0. The molecule has 13 heavy (non-hydrogen) atoms. The molecule has 1 rings (SSSR count). The Labute approximate surface area is 83.9 Å². The van der Waals surface area contributed by atoms with Gasteiger partial charge in [-0.05, 0) is 13.1 Å². The molecule has 1 saturated heterocycles. The molecule has 0 aliphatic carbocycles. The minimum atomic E-state index is 1.22. The first-order valence-corrected chi connectivity index (χ1v) is 5.73. The number of piperazine rings is 1. The summed E-state index contributed by atoms with van der Waals surface area (Å²) in [5.74, 6) is 0. The average Bonchev–Trinajstić information content (AvgIpc) is 2.19. The van der Waals surface area contributed by atoms with Gasteiger partial charge in [0.1, 0.15) is 0 Å². The molecular formula is C11H26N2. The smallest absolute Gasteiger partial charge is 0.0110 e. The fraction of sp³-hybridized carbons (Fsp3) is 1.00. The van der Waals surface area contributed by atoms with Gasteiger partial charge in [-0.15, -0.1) is 0 Å². The lowest BCUT2D eigenvalue weighted by atomic mass is 10.3. The molecule has 0 atom stereocenters. The number of nitrogens with zero attached hydrogens (tertiary/aromatic N) is 2. The molecule has 0 saturated carbocycles. The predicted molar refractivity (Wildman–Crippen MR) is 60.2 cm³/mol. The second kappa shape index (κ2) is 8.52. The topological polar surface area (TPSA) is 6.48 Å². The highest BCUT2D eigenvalue weighted by Crippen LogP contribution is 1.99. The van der Waals surface area contributed by atoms with E-state index in [1.165, 1.54) is 45.7 Å². The maximum Gasteiger partial charge on any atom is 0.0110 e. The summed E-state index contributed by atoms with van der Waals surface area (Å²) in [5, 5.41) is 0. The average molecular weight is 186 g/mol. The normalized spacial score (nSPS) is 19.4. The lowest BCUT2D eigenvalue weighted by molar-refractivity contribution is 0.142. The molecule has 1 aliphatic rings. The molecule has 1 aliphatic heterocycles. The molecule has 0 bridgehead atoms. The van der Waals surface area contributed by atoms with Gasteiger partial charge in [-0.25, -0.2) is 0 Å². The van der Waals surface area contributed by atoms with Crippen LogP contribution in [-0.4, -0.2) is 49.1 Å². The van der Waals surface area contributed by atoms with Crippen molar-refractivity contribution in [1.82, 2.24) is 9.80 Å². The van der Waals surface area contributed by atoms with Gasteiger partial charge in [0.05, 0.1) is 0 Å². The Morgan fingerprint density at radius 3 is 1.08 bits per heavy atom. The van der Waals surface area contributed by atoms with Crippen molar-refractivity contribution in [3.05, 3.63) is 0 Å². The summed E-state index contributed by atoms with van der Waals surface area (Å²) in [7, 11) is 0. The van der Waals surface area contributed by atoms with Crippen LogP contribution in [0.5, 0.6) is 0 Å². The second-order valence-corrected chi connectivity index (χ2v) is 3.58. The highest BCUT2D eigenvalue weighted by Gasteiger charge is 2.12. The SMILES string of the molecule is CCC.CCN1CCN(CC)CC1. The Morgan fingerprint density at radius 2 is 0.923 bits per heavy atom. The summed E-state index contributed by atoms with van der Waals surface area (Å²) >= 11 is 0. The molecule has 0 radical (unpaired) electrons. The van der Waals surface area contributed by atoms with Gasteiger partial charge in [0.2, 0.25) is 0 Å². The van der Waals surface area contributed by atoms with Crippen molar-refractivity contribution in [2.45, 2.75) is 34.1 Å². The molecule has 0 unspecified atom stereocenters. The van der Waals surface area contributed by atoms with Crippen LogP contribution in [0.1, 0.15) is 34.1 Å². The molecule has 0 N–H and O–H groups in total. The monoisotopic (exact) mass is 186 g/mol. The first-order valence-electron chi connectivity index (χ1n) is 5.73. The molecule has 1 heterocycles. The lowest BCUT2D eigenvalue weighted by Gasteiger charge is -2.33. The van der Waals surface area contributed by atoms with E-state index in [-0.39, 0.29) is 0 Å². The Morgan fingerprint density at radius 1 is 0.692 bits per heavy atom. The van der Waals surface area contributed by atoms with Gasteiger partial charge in [0.15, 0.2) is 0 Å². The molecule has 2 heteroatoms. The van der Waals surface area contributed by atoms with Crippen LogP contribution in [0.3, 0.4) is 0 Å². The molecule has 0 aromatic carbocycles. The van der Waals surface area contributed by atoms with Crippen LogP contribution in [0.2, 0.25) is 0 Å². The van der Waals surface area contributed by atoms with Crippen molar-refractivity contribution in [3.8, 4) is 0 Å². The van der Waals surface area contributed by atoms with Crippen LogP contribution in [0, 0.1) is 0 Å². The summed E-state index contributed by atoms with van der Waals surface area (Å²) in [6.07, 6.45) is 1.25. The van der Waals surface area contributed by atoms with E-state index in [0.29, 0.717) is 0 Å². The van der Waals surface area contributed by atoms with Crippen molar-refractivity contribution in [2.24, 2.45) is 0 Å². The van der Waals surface area contributed by atoms with Crippen molar-refractivity contribution in [3.63, 3.8) is 0 Å². The Bertz CT molecular complexity index is 84.3. The van der Waals surface area contributed by atoms with Gasteiger partial charge in [-0.1, -0.05) is 34.1 Å². The summed E-state index contributed by atoms with van der Waals surface area (Å²) in [4.78, 5) is 5.01. The van der Waals surface area contributed by atoms with Gasteiger partial charge in [-0.2, -0.15) is 0 Å². The fourth-order valence-corrected chi connectivity index (χ4v) is 1.42. The van der Waals surface area contributed by atoms with E-state index >= 15 is 0 Å². The fourth-order valence-electron chi connectivity index (χ4n) is 1.42. The van der Waals surface area contributed by atoms with Crippen LogP contribution in [0.15, 0.2) is 0 Å². The van der Waals surface area contributed by atoms with Crippen molar-refractivity contribution < 1.29 is 0 Å². The van der Waals surface area contributed by atoms with Crippen molar-refractivity contribution >= 4 is 0 Å². The quantitative estimate of drug-likeness (QED) is 0.651. The van der Waals surface area contributed by atoms with Crippen LogP contribution < -0.4 is 0 Å². The summed E-state index contributed by atoms with van der Waals surface area (Å²) < 4.78 is 0. The van der Waals surface area contributed by atoms with Crippen molar-refractivity contribution in [2.75, 3.05) is 39.3 Å². The molecule has 80 valence electrons. The third-order valence-electron chi connectivity index (χ3n) is 2.36. The molecular weight excluding hydrogens is 160 g/mol. The zero-order valence-electron chi connectivity index (χ0n) is 9.84. The van der Waals surface area contributed by atoms with Gasteiger partial charge in [-0.3, -0.25) is 0 Å². The van der Waals surface area contributed by atoms with E-state index in [0.717, 1.165) is 0 Å². The number of rotatable bonds is 2. The maximum absolute atomic E-state index is 2.51. The third-order valence-corrected chi connectivity index (χ3v) is 2.36. The maximum atomic E-state index is 2.51. The molecule has 2 nitrogen and oxygen atoms in total.